The average molecular weight is 340 g/mol. The fourth-order valence-electron chi connectivity index (χ4n) is 3.03. The van der Waals surface area contributed by atoms with Gasteiger partial charge in [0.15, 0.2) is 0 Å². The van der Waals surface area contributed by atoms with Crippen LogP contribution in [-0.2, 0) is 4.79 Å². The van der Waals surface area contributed by atoms with Gasteiger partial charge in [-0.05, 0) is 36.8 Å². The Hall–Kier alpha value is -2.69. The number of amides is 1. The van der Waals surface area contributed by atoms with Crippen molar-refractivity contribution in [2.75, 3.05) is 37.7 Å². The molecule has 0 aromatic heterocycles. The molecule has 1 saturated heterocycles. The number of aromatic hydroxyl groups is 1. The van der Waals surface area contributed by atoms with E-state index >= 15 is 0 Å². The van der Waals surface area contributed by atoms with Crippen LogP contribution in [0.3, 0.4) is 0 Å². The summed E-state index contributed by atoms with van der Waals surface area (Å²) in [5.74, 6) is 0.859. The summed E-state index contributed by atoms with van der Waals surface area (Å²) in [5, 5.41) is 9.40. The summed E-state index contributed by atoms with van der Waals surface area (Å²) >= 11 is 0. The first-order chi connectivity index (χ1) is 12.1. The predicted molar refractivity (Wildman–Crippen MR) is 98.2 cm³/mol. The van der Waals surface area contributed by atoms with Gasteiger partial charge in [0.25, 0.3) is 0 Å². The third kappa shape index (κ3) is 4.66. The van der Waals surface area contributed by atoms with Crippen LogP contribution in [0.15, 0.2) is 48.5 Å². The molecule has 2 aromatic rings. The highest BCUT2D eigenvalue weighted by Crippen LogP contribution is 2.19. The first kappa shape index (κ1) is 17.1. The maximum atomic E-state index is 12.3. The fraction of sp³-hybridized carbons (Fsp3) is 0.350. The van der Waals surface area contributed by atoms with E-state index in [1.165, 1.54) is 11.3 Å². The second-order valence-corrected chi connectivity index (χ2v) is 6.30. The van der Waals surface area contributed by atoms with Gasteiger partial charge in [-0.2, -0.15) is 0 Å². The zero-order valence-corrected chi connectivity index (χ0v) is 14.5. The number of nitrogens with zero attached hydrogens (tertiary/aromatic N) is 2. The number of hydrogen-bond donors (Lipinski definition) is 1. The van der Waals surface area contributed by atoms with Crippen LogP contribution < -0.4 is 9.64 Å². The molecular formula is C20H24N2O3. The number of benzene rings is 2. The molecule has 5 heteroatoms. The Morgan fingerprint density at radius 3 is 2.56 bits per heavy atom. The number of rotatable bonds is 5. The van der Waals surface area contributed by atoms with Gasteiger partial charge in [0, 0.05) is 37.9 Å². The molecule has 0 radical (unpaired) electrons. The molecule has 1 amide bonds. The molecule has 1 aliphatic heterocycles. The van der Waals surface area contributed by atoms with Crippen LogP contribution in [0, 0.1) is 6.92 Å². The molecule has 1 N–H and O–H groups in total. The number of carbonyl (C=O) groups is 1. The quantitative estimate of drug-likeness (QED) is 0.909. The summed E-state index contributed by atoms with van der Waals surface area (Å²) < 4.78 is 5.53. The second-order valence-electron chi connectivity index (χ2n) is 6.30. The summed E-state index contributed by atoms with van der Waals surface area (Å²) in [6.07, 6.45) is 0.347. The van der Waals surface area contributed by atoms with Crippen molar-refractivity contribution in [3.05, 3.63) is 54.1 Å². The van der Waals surface area contributed by atoms with Crippen molar-refractivity contribution >= 4 is 11.6 Å². The lowest BCUT2D eigenvalue weighted by molar-refractivity contribution is -0.132. The van der Waals surface area contributed by atoms with E-state index < -0.39 is 0 Å². The molecule has 25 heavy (non-hydrogen) atoms. The second kappa shape index (κ2) is 7.92. The van der Waals surface area contributed by atoms with Crippen LogP contribution in [0.1, 0.15) is 12.0 Å². The zero-order chi connectivity index (χ0) is 17.6. The fourth-order valence-corrected chi connectivity index (χ4v) is 3.03. The number of ether oxygens (including phenoxy) is 1. The highest BCUT2D eigenvalue weighted by atomic mass is 16.5. The molecular weight excluding hydrogens is 316 g/mol. The molecule has 5 nitrogen and oxygen atoms in total. The van der Waals surface area contributed by atoms with Crippen molar-refractivity contribution in [1.82, 2.24) is 4.90 Å². The normalized spacial score (nSPS) is 14.4. The summed E-state index contributed by atoms with van der Waals surface area (Å²) in [6, 6.07) is 15.1. The van der Waals surface area contributed by atoms with Gasteiger partial charge in [-0.1, -0.05) is 18.2 Å². The summed E-state index contributed by atoms with van der Waals surface area (Å²) in [6.45, 7) is 5.58. The SMILES string of the molecule is Cc1cccc(N2CCN(C(=O)CCOc3cccc(O)c3)CC2)c1. The van der Waals surface area contributed by atoms with Crippen molar-refractivity contribution < 1.29 is 14.6 Å². The molecule has 0 atom stereocenters. The number of hydrogen-bond acceptors (Lipinski definition) is 4. The molecule has 0 unspecified atom stereocenters. The predicted octanol–water partition coefficient (Wildman–Crippen LogP) is 2.82. The van der Waals surface area contributed by atoms with Gasteiger partial charge in [-0.25, -0.2) is 0 Å². The first-order valence-electron chi connectivity index (χ1n) is 8.63. The summed E-state index contributed by atoms with van der Waals surface area (Å²) in [5.41, 5.74) is 2.47. The largest absolute Gasteiger partial charge is 0.508 e. The highest BCUT2D eigenvalue weighted by Gasteiger charge is 2.21. The highest BCUT2D eigenvalue weighted by molar-refractivity contribution is 5.76. The molecule has 0 bridgehead atoms. The number of anilines is 1. The van der Waals surface area contributed by atoms with E-state index in [1.807, 2.05) is 4.90 Å². The Labute approximate surface area is 148 Å². The van der Waals surface area contributed by atoms with Gasteiger partial charge in [0.2, 0.25) is 5.91 Å². The van der Waals surface area contributed by atoms with Crippen LogP contribution in [-0.4, -0.2) is 48.7 Å². The Morgan fingerprint density at radius 2 is 1.84 bits per heavy atom. The number of piperazine rings is 1. The van der Waals surface area contributed by atoms with Crippen molar-refractivity contribution in [3.8, 4) is 11.5 Å². The molecule has 3 rings (SSSR count). The monoisotopic (exact) mass is 340 g/mol. The maximum Gasteiger partial charge on any atom is 0.226 e. The number of carbonyl (C=O) groups excluding carboxylic acids is 1. The van der Waals surface area contributed by atoms with Gasteiger partial charge in [-0.15, -0.1) is 0 Å². The van der Waals surface area contributed by atoms with E-state index in [1.54, 1.807) is 24.3 Å². The molecule has 2 aromatic carbocycles. The third-order valence-corrected chi connectivity index (χ3v) is 4.40. The van der Waals surface area contributed by atoms with Crippen LogP contribution >= 0.6 is 0 Å². The van der Waals surface area contributed by atoms with Gasteiger partial charge in [-0.3, -0.25) is 4.79 Å². The van der Waals surface area contributed by atoms with Crippen molar-refractivity contribution in [3.63, 3.8) is 0 Å². The van der Waals surface area contributed by atoms with Crippen LogP contribution in [0.5, 0.6) is 11.5 Å². The lowest BCUT2D eigenvalue weighted by Crippen LogP contribution is -2.49. The van der Waals surface area contributed by atoms with Crippen LogP contribution in [0.4, 0.5) is 5.69 Å². The van der Waals surface area contributed by atoms with E-state index in [0.717, 1.165) is 26.2 Å². The van der Waals surface area contributed by atoms with Crippen molar-refractivity contribution in [2.24, 2.45) is 0 Å². The summed E-state index contributed by atoms with van der Waals surface area (Å²) in [7, 11) is 0. The van der Waals surface area contributed by atoms with E-state index in [9.17, 15) is 9.90 Å². The van der Waals surface area contributed by atoms with Crippen molar-refractivity contribution in [1.29, 1.82) is 0 Å². The smallest absolute Gasteiger partial charge is 0.226 e. The standard InChI is InChI=1S/C20H24N2O3/c1-16-4-2-5-17(14-16)21-9-11-22(12-10-21)20(24)8-13-25-19-7-3-6-18(23)15-19/h2-7,14-15,23H,8-13H2,1H3. The van der Waals surface area contributed by atoms with Gasteiger partial charge in [0.05, 0.1) is 13.0 Å². The first-order valence-corrected chi connectivity index (χ1v) is 8.63. The van der Waals surface area contributed by atoms with E-state index in [4.69, 9.17) is 4.74 Å². The minimum Gasteiger partial charge on any atom is -0.508 e. The lowest BCUT2D eigenvalue weighted by Gasteiger charge is -2.36. The number of aryl methyl sites for hydroxylation is 1. The van der Waals surface area contributed by atoms with Crippen molar-refractivity contribution in [2.45, 2.75) is 13.3 Å². The van der Waals surface area contributed by atoms with Gasteiger partial charge in [0.1, 0.15) is 11.5 Å². The summed E-state index contributed by atoms with van der Waals surface area (Å²) in [4.78, 5) is 16.6. The van der Waals surface area contributed by atoms with Crippen LogP contribution in [0.2, 0.25) is 0 Å². The Morgan fingerprint density at radius 1 is 1.08 bits per heavy atom. The average Bonchev–Trinajstić information content (AvgIpc) is 2.62. The Bertz CT molecular complexity index is 724. The van der Waals surface area contributed by atoms with Gasteiger partial charge >= 0.3 is 0 Å². The molecule has 132 valence electrons. The Kier molecular flexibility index (Phi) is 5.43. The maximum absolute atomic E-state index is 12.3. The molecule has 1 heterocycles. The molecule has 0 aliphatic carbocycles. The lowest BCUT2D eigenvalue weighted by atomic mass is 10.2. The Balaban J connectivity index is 1.44. The van der Waals surface area contributed by atoms with E-state index in [0.29, 0.717) is 18.8 Å². The number of phenolic OH excluding ortho intramolecular Hbond substituents is 1. The third-order valence-electron chi connectivity index (χ3n) is 4.40. The molecule has 0 spiro atoms. The molecule has 1 fully saturated rings. The topological polar surface area (TPSA) is 53.0 Å². The number of phenols is 1. The van der Waals surface area contributed by atoms with Gasteiger partial charge < -0.3 is 19.6 Å². The molecule has 0 saturated carbocycles. The minimum absolute atomic E-state index is 0.115. The van der Waals surface area contributed by atoms with E-state index in [2.05, 4.69) is 36.1 Å². The van der Waals surface area contributed by atoms with Crippen LogP contribution in [0.25, 0.3) is 0 Å². The van der Waals surface area contributed by atoms with E-state index in [-0.39, 0.29) is 11.7 Å². The molecule has 1 aliphatic rings. The minimum atomic E-state index is 0.115. The zero-order valence-electron chi connectivity index (χ0n) is 14.5.